The third-order valence-electron chi connectivity index (χ3n) is 5.05. The Hall–Kier alpha value is -1.66. The standard InChI is InChI=1S/C18H29N5O/c1-13(2)23-12-16(14(3)20-23)11-22-8-5-6-15(10-22)17(24)18-19-7-9-21(18)4/h7,9,12-13,15,17,24H,5-6,8,10-11H2,1-4H3/t15-,17+/m0/s1. The number of rotatable bonds is 5. The van der Waals surface area contributed by atoms with E-state index in [1.807, 2.05) is 22.5 Å². The first-order valence-corrected chi connectivity index (χ1v) is 8.88. The fourth-order valence-corrected chi connectivity index (χ4v) is 3.55. The lowest BCUT2D eigenvalue weighted by atomic mass is 9.91. The van der Waals surface area contributed by atoms with E-state index >= 15 is 0 Å². The summed E-state index contributed by atoms with van der Waals surface area (Å²) in [5, 5.41) is 15.3. The van der Waals surface area contributed by atoms with Gasteiger partial charge in [-0.15, -0.1) is 0 Å². The van der Waals surface area contributed by atoms with E-state index in [1.165, 1.54) is 5.56 Å². The average molecular weight is 331 g/mol. The Kier molecular flexibility index (Phi) is 5.06. The summed E-state index contributed by atoms with van der Waals surface area (Å²) in [7, 11) is 1.94. The highest BCUT2D eigenvalue weighted by Crippen LogP contribution is 2.29. The van der Waals surface area contributed by atoms with Crippen LogP contribution in [0.3, 0.4) is 0 Å². The first-order chi connectivity index (χ1) is 11.5. The molecule has 3 heterocycles. The number of hydrogen-bond donors (Lipinski definition) is 1. The van der Waals surface area contributed by atoms with E-state index in [2.05, 4.69) is 42.0 Å². The van der Waals surface area contributed by atoms with Gasteiger partial charge in [0.25, 0.3) is 0 Å². The number of aliphatic hydroxyl groups excluding tert-OH is 1. The minimum Gasteiger partial charge on any atom is -0.385 e. The van der Waals surface area contributed by atoms with Crippen molar-refractivity contribution in [3.63, 3.8) is 0 Å². The van der Waals surface area contributed by atoms with Crippen LogP contribution in [0.1, 0.15) is 55.9 Å². The SMILES string of the molecule is Cc1nn(C(C)C)cc1CN1CCC[C@H]([C@@H](O)c2nccn2C)C1. The molecule has 0 unspecified atom stereocenters. The number of aromatic nitrogens is 4. The number of aliphatic hydroxyl groups is 1. The smallest absolute Gasteiger partial charge is 0.137 e. The third-order valence-corrected chi connectivity index (χ3v) is 5.05. The van der Waals surface area contributed by atoms with Gasteiger partial charge in [-0.2, -0.15) is 5.10 Å². The van der Waals surface area contributed by atoms with E-state index < -0.39 is 6.10 Å². The summed E-state index contributed by atoms with van der Waals surface area (Å²) in [5.74, 6) is 1.01. The highest BCUT2D eigenvalue weighted by Gasteiger charge is 2.29. The Bertz CT molecular complexity index is 675. The van der Waals surface area contributed by atoms with E-state index in [0.717, 1.165) is 44.0 Å². The minimum atomic E-state index is -0.493. The van der Waals surface area contributed by atoms with Crippen molar-refractivity contribution in [2.24, 2.45) is 13.0 Å². The van der Waals surface area contributed by atoms with E-state index in [-0.39, 0.29) is 5.92 Å². The molecule has 0 saturated carbocycles. The molecular formula is C18H29N5O. The lowest BCUT2D eigenvalue weighted by Crippen LogP contribution is -2.38. The van der Waals surface area contributed by atoms with Crippen molar-refractivity contribution in [3.8, 4) is 0 Å². The molecule has 0 bridgehead atoms. The molecule has 2 aromatic rings. The van der Waals surface area contributed by atoms with Crippen LogP contribution in [0.15, 0.2) is 18.6 Å². The Morgan fingerprint density at radius 3 is 2.79 bits per heavy atom. The van der Waals surface area contributed by atoms with Gasteiger partial charge >= 0.3 is 0 Å². The fourth-order valence-electron chi connectivity index (χ4n) is 3.55. The third kappa shape index (κ3) is 3.54. The fraction of sp³-hybridized carbons (Fsp3) is 0.667. The highest BCUT2D eigenvalue weighted by molar-refractivity contribution is 5.16. The molecule has 1 N–H and O–H groups in total. The number of aryl methyl sites for hydroxylation is 2. The maximum atomic E-state index is 10.7. The van der Waals surface area contributed by atoms with E-state index in [0.29, 0.717) is 6.04 Å². The van der Waals surface area contributed by atoms with Crippen LogP contribution in [-0.4, -0.2) is 42.4 Å². The van der Waals surface area contributed by atoms with Crippen molar-refractivity contribution >= 4 is 0 Å². The Balaban J connectivity index is 1.66. The van der Waals surface area contributed by atoms with E-state index in [1.54, 1.807) is 6.20 Å². The van der Waals surface area contributed by atoms with Crippen molar-refractivity contribution in [1.82, 2.24) is 24.2 Å². The molecule has 0 aromatic carbocycles. The van der Waals surface area contributed by atoms with Crippen LogP contribution in [0.5, 0.6) is 0 Å². The summed E-state index contributed by atoms with van der Waals surface area (Å²) >= 11 is 0. The molecule has 0 amide bonds. The molecule has 3 rings (SSSR count). The molecule has 24 heavy (non-hydrogen) atoms. The van der Waals surface area contributed by atoms with Crippen LogP contribution >= 0.6 is 0 Å². The molecule has 2 aromatic heterocycles. The lowest BCUT2D eigenvalue weighted by Gasteiger charge is -2.34. The second-order valence-corrected chi connectivity index (χ2v) is 7.29. The van der Waals surface area contributed by atoms with Crippen molar-refractivity contribution in [3.05, 3.63) is 35.7 Å². The van der Waals surface area contributed by atoms with Gasteiger partial charge in [-0.05, 0) is 40.2 Å². The lowest BCUT2D eigenvalue weighted by molar-refractivity contribution is 0.0404. The molecule has 132 valence electrons. The molecule has 0 aliphatic carbocycles. The molecule has 1 saturated heterocycles. The van der Waals surface area contributed by atoms with Crippen LogP contribution in [0.25, 0.3) is 0 Å². The summed E-state index contributed by atoms with van der Waals surface area (Å²) in [6, 6.07) is 0.386. The Morgan fingerprint density at radius 1 is 1.38 bits per heavy atom. The van der Waals surface area contributed by atoms with Gasteiger partial charge in [-0.25, -0.2) is 4.98 Å². The van der Waals surface area contributed by atoms with Crippen molar-refractivity contribution in [2.45, 2.75) is 52.3 Å². The Labute approximate surface area is 144 Å². The molecule has 1 fully saturated rings. The van der Waals surface area contributed by atoms with Crippen molar-refractivity contribution < 1.29 is 5.11 Å². The van der Waals surface area contributed by atoms with Crippen LogP contribution in [0.2, 0.25) is 0 Å². The summed E-state index contributed by atoms with van der Waals surface area (Å²) in [5.41, 5.74) is 2.39. The van der Waals surface area contributed by atoms with Gasteiger partial charge in [-0.3, -0.25) is 9.58 Å². The minimum absolute atomic E-state index is 0.236. The molecule has 0 spiro atoms. The average Bonchev–Trinajstić information content (AvgIpc) is 3.13. The molecule has 1 aliphatic rings. The van der Waals surface area contributed by atoms with Crippen LogP contribution in [-0.2, 0) is 13.6 Å². The molecule has 6 nitrogen and oxygen atoms in total. The molecule has 2 atom stereocenters. The topological polar surface area (TPSA) is 59.1 Å². The number of piperidine rings is 1. The summed E-state index contributed by atoms with van der Waals surface area (Å²) < 4.78 is 3.95. The summed E-state index contributed by atoms with van der Waals surface area (Å²) in [6.45, 7) is 9.27. The van der Waals surface area contributed by atoms with Crippen LogP contribution in [0.4, 0.5) is 0 Å². The molecular weight excluding hydrogens is 302 g/mol. The van der Waals surface area contributed by atoms with E-state index in [9.17, 15) is 5.11 Å². The highest BCUT2D eigenvalue weighted by atomic mass is 16.3. The maximum absolute atomic E-state index is 10.7. The summed E-state index contributed by atoms with van der Waals surface area (Å²) in [6.07, 6.45) is 7.48. The van der Waals surface area contributed by atoms with Crippen molar-refractivity contribution in [1.29, 1.82) is 0 Å². The first kappa shape index (κ1) is 17.2. The number of hydrogen-bond acceptors (Lipinski definition) is 4. The van der Waals surface area contributed by atoms with Gasteiger partial charge in [0.2, 0.25) is 0 Å². The van der Waals surface area contributed by atoms with Gasteiger partial charge in [0.05, 0.1) is 5.69 Å². The normalized spacial score (nSPS) is 20.7. The second kappa shape index (κ2) is 7.07. The van der Waals surface area contributed by atoms with Crippen LogP contribution in [0, 0.1) is 12.8 Å². The van der Waals surface area contributed by atoms with Crippen molar-refractivity contribution in [2.75, 3.05) is 13.1 Å². The first-order valence-electron chi connectivity index (χ1n) is 8.88. The number of imidazole rings is 1. The quantitative estimate of drug-likeness (QED) is 0.914. The maximum Gasteiger partial charge on any atom is 0.137 e. The zero-order valence-electron chi connectivity index (χ0n) is 15.2. The second-order valence-electron chi connectivity index (χ2n) is 7.29. The van der Waals surface area contributed by atoms with Gasteiger partial charge in [0.15, 0.2) is 0 Å². The van der Waals surface area contributed by atoms with Gasteiger partial charge in [-0.1, -0.05) is 0 Å². The molecule has 6 heteroatoms. The zero-order chi connectivity index (χ0) is 17.3. The van der Waals surface area contributed by atoms with Gasteiger partial charge < -0.3 is 9.67 Å². The van der Waals surface area contributed by atoms with Gasteiger partial charge in [0.1, 0.15) is 11.9 Å². The number of likely N-dealkylation sites (tertiary alicyclic amines) is 1. The molecule has 0 radical (unpaired) electrons. The predicted octanol–water partition coefficient (Wildman–Crippen LogP) is 2.45. The number of nitrogens with zero attached hydrogens (tertiary/aromatic N) is 5. The van der Waals surface area contributed by atoms with E-state index in [4.69, 9.17) is 0 Å². The van der Waals surface area contributed by atoms with Gasteiger partial charge in [0, 0.05) is 56.3 Å². The zero-order valence-corrected chi connectivity index (χ0v) is 15.2. The monoisotopic (exact) mass is 331 g/mol. The van der Waals surface area contributed by atoms with Crippen LogP contribution < -0.4 is 0 Å². The Morgan fingerprint density at radius 2 is 2.17 bits per heavy atom. The predicted molar refractivity (Wildman–Crippen MR) is 93.5 cm³/mol. The largest absolute Gasteiger partial charge is 0.385 e. The summed E-state index contributed by atoms with van der Waals surface area (Å²) in [4.78, 5) is 6.76. The molecule has 1 aliphatic heterocycles.